The van der Waals surface area contributed by atoms with Crippen LogP contribution in [0.4, 0.5) is 4.39 Å². The monoisotopic (exact) mass is 352 g/mol. The Morgan fingerprint density at radius 2 is 1.94 bits per heavy atom. The molecule has 2 unspecified atom stereocenters. The van der Waals surface area contributed by atoms with Gasteiger partial charge in [-0.15, -0.1) is 0 Å². The van der Waals surface area contributed by atoms with Crippen molar-refractivity contribution in [3.05, 3.63) is 35.6 Å². The van der Waals surface area contributed by atoms with Crippen molar-refractivity contribution in [3.63, 3.8) is 0 Å². The summed E-state index contributed by atoms with van der Waals surface area (Å²) in [5, 5.41) is 0. The molecule has 2 atom stereocenters. The van der Waals surface area contributed by atoms with Crippen molar-refractivity contribution in [1.82, 2.24) is 0 Å². The standard InChI is InChI=1S/C11H11Br2FO2/c1-2-16-11(15)10(13)9(12)7-3-5-8(14)6-4-7/h3-6,9-10H,2H2,1H3. The molecule has 0 spiro atoms. The average Bonchev–Trinajstić information content (AvgIpc) is 2.28. The van der Waals surface area contributed by atoms with Gasteiger partial charge in [0.25, 0.3) is 0 Å². The van der Waals surface area contributed by atoms with Gasteiger partial charge in [0.05, 0.1) is 11.4 Å². The van der Waals surface area contributed by atoms with E-state index >= 15 is 0 Å². The maximum absolute atomic E-state index is 12.7. The van der Waals surface area contributed by atoms with Gasteiger partial charge in [-0.05, 0) is 24.6 Å². The first-order chi connectivity index (χ1) is 7.56. The second kappa shape index (κ2) is 6.35. The van der Waals surface area contributed by atoms with Crippen LogP contribution in [0.15, 0.2) is 24.3 Å². The second-order valence-electron chi connectivity index (χ2n) is 3.11. The quantitative estimate of drug-likeness (QED) is 0.610. The fourth-order valence-corrected chi connectivity index (χ4v) is 2.12. The predicted molar refractivity (Wildman–Crippen MR) is 67.4 cm³/mol. The predicted octanol–water partition coefficient (Wildman–Crippen LogP) is 3.59. The van der Waals surface area contributed by atoms with Gasteiger partial charge in [0.2, 0.25) is 0 Å². The van der Waals surface area contributed by atoms with Crippen LogP contribution in [0.3, 0.4) is 0 Å². The minimum absolute atomic E-state index is 0.243. The first kappa shape index (κ1) is 13.6. The van der Waals surface area contributed by atoms with Crippen LogP contribution in [0.25, 0.3) is 0 Å². The molecule has 88 valence electrons. The maximum atomic E-state index is 12.7. The van der Waals surface area contributed by atoms with E-state index in [1.807, 2.05) is 0 Å². The molecule has 5 heteroatoms. The fraction of sp³-hybridized carbons (Fsp3) is 0.364. The summed E-state index contributed by atoms with van der Waals surface area (Å²) in [6, 6.07) is 5.97. The summed E-state index contributed by atoms with van der Waals surface area (Å²) < 4.78 is 17.6. The minimum Gasteiger partial charge on any atom is -0.465 e. The zero-order chi connectivity index (χ0) is 12.1. The van der Waals surface area contributed by atoms with Crippen molar-refractivity contribution in [2.24, 2.45) is 0 Å². The van der Waals surface area contributed by atoms with Crippen molar-refractivity contribution >= 4 is 37.8 Å². The Morgan fingerprint density at radius 3 is 2.44 bits per heavy atom. The van der Waals surface area contributed by atoms with Gasteiger partial charge in [0.1, 0.15) is 10.6 Å². The van der Waals surface area contributed by atoms with E-state index in [2.05, 4.69) is 31.9 Å². The normalized spacial score (nSPS) is 14.2. The van der Waals surface area contributed by atoms with E-state index in [9.17, 15) is 9.18 Å². The third-order valence-electron chi connectivity index (χ3n) is 1.96. The molecule has 0 N–H and O–H groups in total. The van der Waals surface area contributed by atoms with Crippen LogP contribution < -0.4 is 0 Å². The van der Waals surface area contributed by atoms with Gasteiger partial charge in [-0.1, -0.05) is 44.0 Å². The van der Waals surface area contributed by atoms with E-state index in [1.165, 1.54) is 12.1 Å². The number of hydrogen-bond donors (Lipinski definition) is 0. The highest BCUT2D eigenvalue weighted by Gasteiger charge is 2.26. The van der Waals surface area contributed by atoms with Crippen LogP contribution in [0.2, 0.25) is 0 Å². The molecule has 1 rings (SSSR count). The first-order valence-corrected chi connectivity index (χ1v) is 6.59. The molecule has 0 fully saturated rings. The lowest BCUT2D eigenvalue weighted by Crippen LogP contribution is -2.21. The van der Waals surface area contributed by atoms with Crippen molar-refractivity contribution < 1.29 is 13.9 Å². The van der Waals surface area contributed by atoms with E-state index in [4.69, 9.17) is 4.74 Å². The highest BCUT2D eigenvalue weighted by Crippen LogP contribution is 2.31. The number of esters is 1. The van der Waals surface area contributed by atoms with Crippen LogP contribution in [0.1, 0.15) is 17.3 Å². The van der Waals surface area contributed by atoms with Crippen LogP contribution in [-0.2, 0) is 9.53 Å². The summed E-state index contributed by atoms with van der Waals surface area (Å²) >= 11 is 6.63. The number of carbonyl (C=O) groups is 1. The molecule has 0 saturated carbocycles. The molecule has 1 aromatic rings. The molecule has 0 radical (unpaired) electrons. The SMILES string of the molecule is CCOC(=O)C(Br)C(Br)c1ccc(F)cc1. The van der Waals surface area contributed by atoms with E-state index in [1.54, 1.807) is 19.1 Å². The average molecular weight is 354 g/mol. The van der Waals surface area contributed by atoms with Gasteiger partial charge < -0.3 is 4.74 Å². The highest BCUT2D eigenvalue weighted by molar-refractivity contribution is 9.12. The lowest BCUT2D eigenvalue weighted by atomic mass is 10.1. The van der Waals surface area contributed by atoms with Gasteiger partial charge in [-0.25, -0.2) is 4.39 Å². The van der Waals surface area contributed by atoms with E-state index in [0.29, 0.717) is 6.61 Å². The molecule has 1 aromatic carbocycles. The van der Waals surface area contributed by atoms with Crippen molar-refractivity contribution in [1.29, 1.82) is 0 Å². The molecule has 16 heavy (non-hydrogen) atoms. The van der Waals surface area contributed by atoms with Gasteiger partial charge in [-0.3, -0.25) is 4.79 Å². The molecule has 0 aliphatic rings. The third-order valence-corrected chi connectivity index (χ3v) is 4.63. The molecule has 2 nitrogen and oxygen atoms in total. The zero-order valence-corrected chi connectivity index (χ0v) is 11.8. The molecule has 0 amide bonds. The number of alkyl halides is 2. The summed E-state index contributed by atoms with van der Waals surface area (Å²) in [6.45, 7) is 2.09. The largest absolute Gasteiger partial charge is 0.465 e. The lowest BCUT2D eigenvalue weighted by Gasteiger charge is -2.15. The van der Waals surface area contributed by atoms with Crippen LogP contribution >= 0.6 is 31.9 Å². The molecule has 0 heterocycles. The summed E-state index contributed by atoms with van der Waals surface area (Å²) in [6.07, 6.45) is 0. The zero-order valence-electron chi connectivity index (χ0n) is 8.62. The Bertz CT molecular complexity index is 354. The Morgan fingerprint density at radius 1 is 1.38 bits per heavy atom. The minimum atomic E-state index is -0.488. The Labute approximate surface area is 110 Å². The lowest BCUT2D eigenvalue weighted by molar-refractivity contribution is -0.142. The number of halogens is 3. The topological polar surface area (TPSA) is 26.3 Å². The van der Waals surface area contributed by atoms with Crippen molar-refractivity contribution in [2.45, 2.75) is 16.6 Å². The smallest absolute Gasteiger partial charge is 0.321 e. The molecule has 0 aromatic heterocycles. The number of hydrogen-bond acceptors (Lipinski definition) is 2. The van der Waals surface area contributed by atoms with Crippen molar-refractivity contribution in [3.8, 4) is 0 Å². The van der Waals surface area contributed by atoms with Gasteiger partial charge in [0.15, 0.2) is 0 Å². The number of ether oxygens (including phenoxy) is 1. The van der Waals surface area contributed by atoms with Crippen LogP contribution in [0.5, 0.6) is 0 Å². The summed E-state index contributed by atoms with van der Waals surface area (Å²) in [7, 11) is 0. The number of rotatable bonds is 4. The van der Waals surface area contributed by atoms with E-state index < -0.39 is 4.83 Å². The van der Waals surface area contributed by atoms with Crippen LogP contribution in [0, 0.1) is 5.82 Å². The summed E-state index contributed by atoms with van der Waals surface area (Å²) in [5.41, 5.74) is 0.816. The van der Waals surface area contributed by atoms with E-state index in [-0.39, 0.29) is 16.6 Å². The first-order valence-electron chi connectivity index (χ1n) is 4.76. The van der Waals surface area contributed by atoms with E-state index in [0.717, 1.165) is 5.56 Å². The Balaban J connectivity index is 2.73. The second-order valence-corrected chi connectivity index (χ2v) is 5.08. The van der Waals surface area contributed by atoms with Crippen LogP contribution in [-0.4, -0.2) is 17.4 Å². The molecule has 0 aliphatic carbocycles. The van der Waals surface area contributed by atoms with Gasteiger partial charge in [0, 0.05) is 0 Å². The van der Waals surface area contributed by atoms with Crippen molar-refractivity contribution in [2.75, 3.05) is 6.61 Å². The summed E-state index contributed by atoms with van der Waals surface area (Å²) in [5.74, 6) is -0.639. The number of carbonyl (C=O) groups excluding carboxylic acids is 1. The molecular formula is C11H11Br2FO2. The van der Waals surface area contributed by atoms with Gasteiger partial charge in [-0.2, -0.15) is 0 Å². The fourth-order valence-electron chi connectivity index (χ4n) is 1.16. The highest BCUT2D eigenvalue weighted by atomic mass is 79.9. The molecule has 0 aliphatic heterocycles. The molecule has 0 saturated heterocycles. The maximum Gasteiger partial charge on any atom is 0.321 e. The van der Waals surface area contributed by atoms with Gasteiger partial charge >= 0.3 is 5.97 Å². The third kappa shape index (κ3) is 3.56. The molecule has 0 bridgehead atoms. The summed E-state index contributed by atoms with van der Waals surface area (Å²) in [4.78, 5) is 10.7. The Kier molecular flexibility index (Phi) is 5.41. The number of benzene rings is 1. The Hall–Kier alpha value is -0.420. The molecular weight excluding hydrogens is 343 g/mol.